The summed E-state index contributed by atoms with van der Waals surface area (Å²) in [6.07, 6.45) is 6.15. The van der Waals surface area contributed by atoms with E-state index < -0.39 is 0 Å². The molecule has 1 saturated heterocycles. The molecule has 1 saturated carbocycles. The summed E-state index contributed by atoms with van der Waals surface area (Å²) >= 11 is 6.14. The van der Waals surface area contributed by atoms with Crippen molar-refractivity contribution in [2.45, 2.75) is 50.0 Å². The molecule has 122 valence electrons. The lowest BCUT2D eigenvalue weighted by Crippen LogP contribution is -2.50. The first kappa shape index (κ1) is 17.6. The van der Waals surface area contributed by atoms with Gasteiger partial charge >= 0.3 is 0 Å². The normalized spacial score (nSPS) is 21.1. The lowest BCUT2D eigenvalue weighted by molar-refractivity contribution is -0.127. The molecule has 2 aliphatic rings. The Morgan fingerprint density at radius 2 is 1.91 bits per heavy atom. The Balaban J connectivity index is 0.00000176. The molecule has 1 aliphatic heterocycles. The van der Waals surface area contributed by atoms with Crippen LogP contribution in [-0.2, 0) is 10.2 Å². The average Bonchev–Trinajstić information content (AvgIpc) is 2.99. The van der Waals surface area contributed by atoms with Crippen molar-refractivity contribution in [3.05, 3.63) is 34.9 Å². The van der Waals surface area contributed by atoms with Crippen LogP contribution in [0.1, 0.15) is 44.1 Å². The number of amides is 1. The van der Waals surface area contributed by atoms with E-state index in [0.717, 1.165) is 57.2 Å². The van der Waals surface area contributed by atoms with Gasteiger partial charge in [0.15, 0.2) is 0 Å². The summed E-state index contributed by atoms with van der Waals surface area (Å²) < 4.78 is 0. The summed E-state index contributed by atoms with van der Waals surface area (Å²) in [5, 5.41) is 7.35. The number of benzene rings is 1. The second-order valence-electron chi connectivity index (χ2n) is 6.30. The van der Waals surface area contributed by atoms with Crippen LogP contribution in [0.2, 0.25) is 5.02 Å². The summed E-state index contributed by atoms with van der Waals surface area (Å²) in [4.78, 5) is 13.0. The van der Waals surface area contributed by atoms with Gasteiger partial charge in [0.1, 0.15) is 0 Å². The molecule has 1 heterocycles. The molecule has 3 rings (SSSR count). The van der Waals surface area contributed by atoms with Gasteiger partial charge in [0.2, 0.25) is 5.91 Å². The fourth-order valence-corrected chi connectivity index (χ4v) is 3.89. The summed E-state index contributed by atoms with van der Waals surface area (Å²) in [6.45, 7) is 1.99. The average molecular weight is 343 g/mol. The zero-order chi connectivity index (χ0) is 14.7. The largest absolute Gasteiger partial charge is 0.353 e. The molecule has 1 aromatic carbocycles. The maximum Gasteiger partial charge on any atom is 0.230 e. The molecule has 3 nitrogen and oxygen atoms in total. The molecule has 22 heavy (non-hydrogen) atoms. The van der Waals surface area contributed by atoms with Crippen molar-refractivity contribution in [2.75, 3.05) is 13.1 Å². The summed E-state index contributed by atoms with van der Waals surface area (Å²) in [7, 11) is 0. The van der Waals surface area contributed by atoms with E-state index in [1.54, 1.807) is 0 Å². The van der Waals surface area contributed by atoms with Crippen LogP contribution >= 0.6 is 24.0 Å². The van der Waals surface area contributed by atoms with E-state index in [-0.39, 0.29) is 23.7 Å². The molecule has 0 aromatic heterocycles. The van der Waals surface area contributed by atoms with Crippen LogP contribution < -0.4 is 10.6 Å². The number of piperidine rings is 1. The molecule has 0 unspecified atom stereocenters. The molecule has 2 N–H and O–H groups in total. The first-order valence-electron chi connectivity index (χ1n) is 7.98. The van der Waals surface area contributed by atoms with Crippen LogP contribution in [-0.4, -0.2) is 25.0 Å². The molecular weight excluding hydrogens is 319 g/mol. The van der Waals surface area contributed by atoms with Gasteiger partial charge in [0, 0.05) is 11.1 Å². The van der Waals surface area contributed by atoms with Gasteiger partial charge in [-0.3, -0.25) is 4.79 Å². The lowest BCUT2D eigenvalue weighted by Gasteiger charge is -2.32. The van der Waals surface area contributed by atoms with Crippen molar-refractivity contribution in [1.29, 1.82) is 0 Å². The molecule has 1 aliphatic carbocycles. The summed E-state index contributed by atoms with van der Waals surface area (Å²) in [6, 6.07) is 8.16. The Bertz CT molecular complexity index is 509. The molecular formula is C17H24Cl2N2O. The second-order valence-corrected chi connectivity index (χ2v) is 6.73. The van der Waals surface area contributed by atoms with Crippen LogP contribution in [0.5, 0.6) is 0 Å². The lowest BCUT2D eigenvalue weighted by atomic mass is 9.77. The van der Waals surface area contributed by atoms with Crippen molar-refractivity contribution < 1.29 is 4.79 Å². The third kappa shape index (κ3) is 3.58. The molecule has 2 fully saturated rings. The van der Waals surface area contributed by atoms with Crippen LogP contribution in [0.15, 0.2) is 24.3 Å². The minimum Gasteiger partial charge on any atom is -0.353 e. The van der Waals surface area contributed by atoms with Crippen molar-refractivity contribution in [3.8, 4) is 0 Å². The molecule has 0 spiro atoms. The van der Waals surface area contributed by atoms with Gasteiger partial charge < -0.3 is 10.6 Å². The van der Waals surface area contributed by atoms with Gasteiger partial charge in [0.05, 0.1) is 5.41 Å². The Morgan fingerprint density at radius 3 is 2.55 bits per heavy atom. The van der Waals surface area contributed by atoms with Crippen LogP contribution in [0.3, 0.4) is 0 Å². The molecule has 1 amide bonds. The minimum atomic E-state index is -0.365. The van der Waals surface area contributed by atoms with Gasteiger partial charge in [-0.05, 0) is 56.5 Å². The van der Waals surface area contributed by atoms with Crippen LogP contribution in [0.4, 0.5) is 0 Å². The number of halogens is 2. The van der Waals surface area contributed by atoms with Crippen LogP contribution in [0.25, 0.3) is 0 Å². The van der Waals surface area contributed by atoms with Gasteiger partial charge in [-0.2, -0.15) is 0 Å². The fourth-order valence-electron chi connectivity index (χ4n) is 3.70. The number of carbonyl (C=O) groups is 1. The number of nitrogens with one attached hydrogen (secondary N) is 2. The number of carbonyl (C=O) groups excluding carboxylic acids is 1. The highest BCUT2D eigenvalue weighted by molar-refractivity contribution is 6.30. The highest BCUT2D eigenvalue weighted by Crippen LogP contribution is 2.42. The van der Waals surface area contributed by atoms with E-state index in [9.17, 15) is 4.79 Å². The van der Waals surface area contributed by atoms with E-state index in [1.807, 2.05) is 18.2 Å². The summed E-state index contributed by atoms with van der Waals surface area (Å²) in [5.74, 6) is 0.203. The Morgan fingerprint density at radius 1 is 1.23 bits per heavy atom. The van der Waals surface area contributed by atoms with Gasteiger partial charge in [-0.15, -0.1) is 12.4 Å². The van der Waals surface area contributed by atoms with E-state index >= 15 is 0 Å². The quantitative estimate of drug-likeness (QED) is 0.883. The zero-order valence-corrected chi connectivity index (χ0v) is 14.3. The minimum absolute atomic E-state index is 0. The van der Waals surface area contributed by atoms with Gasteiger partial charge in [-0.1, -0.05) is 36.6 Å². The van der Waals surface area contributed by atoms with Crippen molar-refractivity contribution in [2.24, 2.45) is 0 Å². The van der Waals surface area contributed by atoms with Crippen molar-refractivity contribution >= 4 is 29.9 Å². The van der Waals surface area contributed by atoms with E-state index in [4.69, 9.17) is 11.6 Å². The molecule has 5 heteroatoms. The maximum absolute atomic E-state index is 13.0. The highest BCUT2D eigenvalue weighted by atomic mass is 35.5. The van der Waals surface area contributed by atoms with Gasteiger partial charge in [-0.25, -0.2) is 0 Å². The Hall–Kier alpha value is -0.770. The zero-order valence-electron chi connectivity index (χ0n) is 12.7. The van der Waals surface area contributed by atoms with Crippen molar-refractivity contribution in [3.63, 3.8) is 0 Å². The number of hydrogen-bond acceptors (Lipinski definition) is 2. The first-order valence-corrected chi connectivity index (χ1v) is 8.36. The topological polar surface area (TPSA) is 41.1 Å². The maximum atomic E-state index is 13.0. The third-order valence-corrected chi connectivity index (χ3v) is 5.18. The van der Waals surface area contributed by atoms with Crippen LogP contribution in [0, 0.1) is 0 Å². The molecule has 0 bridgehead atoms. The Labute approximate surface area is 143 Å². The highest BCUT2D eigenvalue weighted by Gasteiger charge is 2.43. The Kier molecular flexibility index (Phi) is 6.13. The molecule has 0 atom stereocenters. The molecule has 1 aromatic rings. The van der Waals surface area contributed by atoms with Gasteiger partial charge in [0.25, 0.3) is 0 Å². The fraction of sp³-hybridized carbons (Fsp3) is 0.588. The van der Waals surface area contributed by atoms with E-state index in [0.29, 0.717) is 11.1 Å². The molecule has 0 radical (unpaired) electrons. The predicted molar refractivity (Wildman–Crippen MR) is 92.9 cm³/mol. The predicted octanol–water partition coefficient (Wildman–Crippen LogP) is 3.44. The summed E-state index contributed by atoms with van der Waals surface area (Å²) in [5.41, 5.74) is 0.717. The second kappa shape index (κ2) is 7.67. The van der Waals surface area contributed by atoms with Crippen molar-refractivity contribution in [1.82, 2.24) is 10.6 Å². The van der Waals surface area contributed by atoms with E-state index in [2.05, 4.69) is 16.7 Å². The monoisotopic (exact) mass is 342 g/mol. The number of hydrogen-bond donors (Lipinski definition) is 2. The third-order valence-electron chi connectivity index (χ3n) is 4.94. The van der Waals surface area contributed by atoms with E-state index in [1.165, 1.54) is 0 Å². The number of rotatable bonds is 3. The first-order chi connectivity index (χ1) is 10.2. The smallest absolute Gasteiger partial charge is 0.230 e. The standard InChI is InChI=1S/C17H23ClN2O.ClH/c18-14-5-3-4-13(12-14)17(8-1-2-9-17)16(21)20-15-6-10-19-11-7-15;/h3-5,12,15,19H,1-2,6-11H2,(H,20,21);1H. The SMILES string of the molecule is Cl.O=C(NC1CCNCC1)C1(c2cccc(Cl)c2)CCCC1.